The fourth-order valence-electron chi connectivity index (χ4n) is 2.66. The number of hydrogen-bond acceptors (Lipinski definition) is 2. The average Bonchev–Trinajstić information content (AvgIpc) is 2.59. The summed E-state index contributed by atoms with van der Waals surface area (Å²) in [4.78, 5) is 4.67. The molecular formula is C20H27NO. The molecule has 1 heterocycles. The molecule has 0 saturated heterocycles. The van der Waals surface area contributed by atoms with Gasteiger partial charge in [0.2, 0.25) is 0 Å². The Bertz CT molecular complexity index is 545. The second-order valence-electron chi connectivity index (χ2n) is 5.90. The number of aromatic nitrogens is 1. The molecule has 2 nitrogen and oxygen atoms in total. The van der Waals surface area contributed by atoms with Gasteiger partial charge in [-0.15, -0.1) is 0 Å². The van der Waals surface area contributed by atoms with Crippen molar-refractivity contribution in [2.45, 2.75) is 51.9 Å². The molecule has 0 N–H and O–H groups in total. The quantitative estimate of drug-likeness (QED) is 0.611. The maximum atomic E-state index is 5.21. The van der Waals surface area contributed by atoms with Crippen molar-refractivity contribution >= 4 is 0 Å². The lowest BCUT2D eigenvalue weighted by Crippen LogP contribution is -2.00. The largest absolute Gasteiger partial charge is 0.497 e. The van der Waals surface area contributed by atoms with Crippen LogP contribution in [0.3, 0.4) is 0 Å². The minimum Gasteiger partial charge on any atom is -0.497 e. The maximum Gasteiger partial charge on any atom is 0.118 e. The zero-order valence-corrected chi connectivity index (χ0v) is 14.0. The van der Waals surface area contributed by atoms with Crippen LogP contribution in [-0.2, 0) is 6.42 Å². The van der Waals surface area contributed by atoms with Gasteiger partial charge in [-0.2, -0.15) is 0 Å². The van der Waals surface area contributed by atoms with Crippen LogP contribution in [0, 0.1) is 0 Å². The van der Waals surface area contributed by atoms with E-state index in [1.807, 2.05) is 18.3 Å². The number of rotatable bonds is 8. The van der Waals surface area contributed by atoms with Crippen LogP contribution in [0.1, 0.15) is 62.3 Å². The Morgan fingerprint density at radius 1 is 1.00 bits per heavy atom. The van der Waals surface area contributed by atoms with Crippen LogP contribution in [0.25, 0.3) is 0 Å². The maximum absolute atomic E-state index is 5.21. The van der Waals surface area contributed by atoms with Crippen molar-refractivity contribution in [1.29, 1.82) is 0 Å². The van der Waals surface area contributed by atoms with Crippen LogP contribution in [0.2, 0.25) is 0 Å². The Morgan fingerprint density at radius 3 is 2.36 bits per heavy atom. The smallest absolute Gasteiger partial charge is 0.118 e. The zero-order valence-electron chi connectivity index (χ0n) is 14.0. The highest BCUT2D eigenvalue weighted by atomic mass is 16.5. The molecule has 2 aromatic rings. The molecule has 1 aromatic carbocycles. The molecule has 0 fully saturated rings. The molecule has 0 saturated carbocycles. The fourth-order valence-corrected chi connectivity index (χ4v) is 2.66. The first-order valence-electron chi connectivity index (χ1n) is 8.33. The molecule has 0 spiro atoms. The fraction of sp³-hybridized carbons (Fsp3) is 0.450. The Morgan fingerprint density at radius 2 is 1.77 bits per heavy atom. The third-order valence-electron chi connectivity index (χ3n) is 4.23. The standard InChI is InChI=1S/C20H27NO/c1-4-5-6-7-8-17-9-14-20(21-15-17)16(2)18-10-12-19(22-3)13-11-18/h9-16H,4-8H2,1-3H3. The van der Waals surface area contributed by atoms with Gasteiger partial charge >= 0.3 is 0 Å². The van der Waals surface area contributed by atoms with Crippen molar-refractivity contribution < 1.29 is 4.74 Å². The molecule has 2 rings (SSSR count). The van der Waals surface area contributed by atoms with Crippen molar-refractivity contribution in [3.8, 4) is 5.75 Å². The highest BCUT2D eigenvalue weighted by molar-refractivity contribution is 5.33. The summed E-state index contributed by atoms with van der Waals surface area (Å²) >= 11 is 0. The van der Waals surface area contributed by atoms with Gasteiger partial charge in [0.1, 0.15) is 5.75 Å². The van der Waals surface area contributed by atoms with Gasteiger partial charge in [0.25, 0.3) is 0 Å². The molecule has 0 aliphatic carbocycles. The molecule has 1 unspecified atom stereocenters. The SMILES string of the molecule is CCCCCCc1ccc(C(C)c2ccc(OC)cc2)nc1. The average molecular weight is 297 g/mol. The molecule has 0 radical (unpaired) electrons. The van der Waals surface area contributed by atoms with Crippen molar-refractivity contribution in [3.63, 3.8) is 0 Å². The van der Waals surface area contributed by atoms with E-state index in [9.17, 15) is 0 Å². The molecular weight excluding hydrogens is 270 g/mol. The summed E-state index contributed by atoms with van der Waals surface area (Å²) in [6.45, 7) is 4.45. The Hall–Kier alpha value is -1.83. The molecule has 22 heavy (non-hydrogen) atoms. The van der Waals surface area contributed by atoms with Crippen LogP contribution in [0.4, 0.5) is 0 Å². The molecule has 118 valence electrons. The molecule has 2 heteroatoms. The van der Waals surface area contributed by atoms with Crippen molar-refractivity contribution in [2.75, 3.05) is 7.11 Å². The number of hydrogen-bond donors (Lipinski definition) is 0. The highest BCUT2D eigenvalue weighted by Gasteiger charge is 2.10. The van der Waals surface area contributed by atoms with Crippen LogP contribution >= 0.6 is 0 Å². The van der Waals surface area contributed by atoms with Gasteiger partial charge < -0.3 is 4.74 Å². The van der Waals surface area contributed by atoms with Crippen LogP contribution in [0.5, 0.6) is 5.75 Å². The van der Waals surface area contributed by atoms with E-state index in [1.165, 1.54) is 36.8 Å². The third-order valence-corrected chi connectivity index (χ3v) is 4.23. The Kier molecular flexibility index (Phi) is 6.45. The second-order valence-corrected chi connectivity index (χ2v) is 5.90. The number of benzene rings is 1. The molecule has 0 amide bonds. The van der Waals surface area contributed by atoms with Gasteiger partial charge in [-0.25, -0.2) is 0 Å². The van der Waals surface area contributed by atoms with Crippen LogP contribution in [-0.4, -0.2) is 12.1 Å². The number of aryl methyl sites for hydroxylation is 1. The third kappa shape index (κ3) is 4.59. The monoisotopic (exact) mass is 297 g/mol. The van der Waals surface area contributed by atoms with Gasteiger partial charge in [0.05, 0.1) is 7.11 Å². The van der Waals surface area contributed by atoms with E-state index >= 15 is 0 Å². The minimum atomic E-state index is 0.306. The lowest BCUT2D eigenvalue weighted by Gasteiger charge is -2.12. The van der Waals surface area contributed by atoms with E-state index in [0.29, 0.717) is 5.92 Å². The molecule has 0 aliphatic heterocycles. The summed E-state index contributed by atoms with van der Waals surface area (Å²) in [5.74, 6) is 1.20. The molecule has 0 bridgehead atoms. The van der Waals surface area contributed by atoms with E-state index in [0.717, 1.165) is 17.9 Å². The second kappa shape index (κ2) is 8.57. The van der Waals surface area contributed by atoms with Gasteiger partial charge in [0, 0.05) is 17.8 Å². The predicted octanol–water partition coefficient (Wildman–Crippen LogP) is 5.36. The first-order chi connectivity index (χ1) is 10.7. The molecule has 1 atom stereocenters. The summed E-state index contributed by atoms with van der Waals surface area (Å²) in [6.07, 6.45) is 8.39. The van der Waals surface area contributed by atoms with Crippen molar-refractivity contribution in [2.24, 2.45) is 0 Å². The summed E-state index contributed by atoms with van der Waals surface area (Å²) < 4.78 is 5.21. The van der Waals surface area contributed by atoms with Crippen LogP contribution < -0.4 is 4.74 Å². The normalized spacial score (nSPS) is 12.1. The van der Waals surface area contributed by atoms with Crippen LogP contribution in [0.15, 0.2) is 42.6 Å². The van der Waals surface area contributed by atoms with E-state index in [4.69, 9.17) is 4.74 Å². The highest BCUT2D eigenvalue weighted by Crippen LogP contribution is 2.24. The van der Waals surface area contributed by atoms with E-state index in [2.05, 4.69) is 43.1 Å². The van der Waals surface area contributed by atoms with Crippen molar-refractivity contribution in [3.05, 3.63) is 59.4 Å². The number of methoxy groups -OCH3 is 1. The number of nitrogens with zero attached hydrogens (tertiary/aromatic N) is 1. The van der Waals surface area contributed by atoms with E-state index < -0.39 is 0 Å². The lowest BCUT2D eigenvalue weighted by atomic mass is 9.96. The van der Waals surface area contributed by atoms with Crippen molar-refractivity contribution in [1.82, 2.24) is 4.98 Å². The van der Waals surface area contributed by atoms with Gasteiger partial charge in [-0.3, -0.25) is 4.98 Å². The van der Waals surface area contributed by atoms with Gasteiger partial charge in [-0.1, -0.05) is 51.3 Å². The summed E-state index contributed by atoms with van der Waals surface area (Å²) in [5.41, 5.74) is 3.74. The summed E-state index contributed by atoms with van der Waals surface area (Å²) in [6, 6.07) is 12.6. The Labute approximate surface area is 134 Å². The Balaban J connectivity index is 1.96. The topological polar surface area (TPSA) is 22.1 Å². The predicted molar refractivity (Wildman–Crippen MR) is 92.6 cm³/mol. The number of ether oxygens (including phenoxy) is 1. The molecule has 0 aliphatic rings. The summed E-state index contributed by atoms with van der Waals surface area (Å²) in [7, 11) is 1.69. The minimum absolute atomic E-state index is 0.306. The first kappa shape index (κ1) is 16.5. The first-order valence-corrected chi connectivity index (χ1v) is 8.33. The van der Waals surface area contributed by atoms with E-state index in [-0.39, 0.29) is 0 Å². The van der Waals surface area contributed by atoms with Gasteiger partial charge in [0.15, 0.2) is 0 Å². The number of unbranched alkanes of at least 4 members (excludes halogenated alkanes) is 3. The van der Waals surface area contributed by atoms with E-state index in [1.54, 1.807) is 7.11 Å². The van der Waals surface area contributed by atoms with Gasteiger partial charge in [-0.05, 0) is 42.2 Å². The molecule has 1 aromatic heterocycles. The summed E-state index contributed by atoms with van der Waals surface area (Å²) in [5, 5.41) is 0. The number of pyridine rings is 1. The zero-order chi connectivity index (χ0) is 15.8. The lowest BCUT2D eigenvalue weighted by molar-refractivity contribution is 0.414.